The van der Waals surface area contributed by atoms with Crippen LogP contribution in [-0.2, 0) is 43.5 Å². The summed E-state index contributed by atoms with van der Waals surface area (Å²) in [5.74, 6) is -0.755. The Morgan fingerprint density at radius 3 is 2.22 bits per heavy atom. The third-order valence-electron chi connectivity index (χ3n) is 16.1. The Morgan fingerprint density at radius 2 is 1.55 bits per heavy atom. The molecule has 1 unspecified atom stereocenters. The maximum atomic E-state index is 14.1. The molecule has 2 aromatic heterocycles. The normalized spacial score (nSPS) is 17.6. The minimum absolute atomic E-state index is 0.0147. The van der Waals surface area contributed by atoms with Gasteiger partial charge in [0.1, 0.15) is 6.04 Å². The molecular formula is C63H86N10O8S. The van der Waals surface area contributed by atoms with Gasteiger partial charge in [0, 0.05) is 127 Å². The summed E-state index contributed by atoms with van der Waals surface area (Å²) in [6.45, 7) is 24.6. The van der Waals surface area contributed by atoms with Crippen LogP contribution >= 0.6 is 11.3 Å². The van der Waals surface area contributed by atoms with Crippen molar-refractivity contribution in [3.8, 4) is 21.6 Å². The van der Waals surface area contributed by atoms with Crippen molar-refractivity contribution in [2.75, 3.05) is 90.2 Å². The number of aliphatic hydroxyl groups is 1. The number of piperazine rings is 1. The summed E-state index contributed by atoms with van der Waals surface area (Å²) in [4.78, 5) is 84.2. The number of aliphatic hydroxyl groups excluding tert-OH is 1. The van der Waals surface area contributed by atoms with E-state index in [1.54, 1.807) is 11.3 Å². The van der Waals surface area contributed by atoms with E-state index >= 15 is 0 Å². The molecule has 4 amide bonds. The fourth-order valence-electron chi connectivity index (χ4n) is 11.5. The van der Waals surface area contributed by atoms with Crippen LogP contribution < -0.4 is 31.7 Å². The molecule has 442 valence electrons. The van der Waals surface area contributed by atoms with Crippen molar-refractivity contribution in [1.29, 1.82) is 0 Å². The number of aryl methyl sites for hydroxylation is 3. The number of thiazole rings is 1. The summed E-state index contributed by atoms with van der Waals surface area (Å²) in [6, 6.07) is 21.6. The van der Waals surface area contributed by atoms with Gasteiger partial charge in [-0.25, -0.2) is 4.98 Å². The topological polar surface area (TPSA) is 214 Å². The molecule has 0 aliphatic carbocycles. The number of nitrogens with zero attached hydrogens (tertiary/aromatic N) is 5. The number of hydrogen-bond donors (Lipinski definition) is 6. The molecule has 0 spiro atoms. The number of carbonyl (C=O) groups excluding carboxylic acids is 4. The highest BCUT2D eigenvalue weighted by Gasteiger charge is 2.44. The highest BCUT2D eigenvalue weighted by Crippen LogP contribution is 2.35. The molecule has 3 aliphatic heterocycles. The summed E-state index contributed by atoms with van der Waals surface area (Å²) in [6.07, 6.45) is 1.86. The first kappa shape index (κ1) is 61.7. The van der Waals surface area contributed by atoms with E-state index in [0.29, 0.717) is 76.2 Å². The third-order valence-corrected chi connectivity index (χ3v) is 17.1. The molecule has 82 heavy (non-hydrogen) atoms. The Balaban J connectivity index is 0.744. The number of H-pyrrole nitrogens is 1. The molecule has 0 radical (unpaired) electrons. The van der Waals surface area contributed by atoms with E-state index in [2.05, 4.69) is 83.2 Å². The quantitative estimate of drug-likeness (QED) is 0.0378. The molecule has 3 aromatic carbocycles. The van der Waals surface area contributed by atoms with Crippen LogP contribution in [0.4, 0.5) is 5.69 Å². The lowest BCUT2D eigenvalue weighted by Crippen LogP contribution is -2.57. The summed E-state index contributed by atoms with van der Waals surface area (Å²) < 4.78 is 11.6. The van der Waals surface area contributed by atoms with E-state index < -0.39 is 23.6 Å². The Hall–Kier alpha value is -6.32. The molecule has 5 heterocycles. The number of aromatic nitrogens is 2. The average Bonchev–Trinajstić information content (AvgIpc) is 3.87. The van der Waals surface area contributed by atoms with Gasteiger partial charge in [0.15, 0.2) is 0 Å². The number of rotatable bonds is 24. The number of carbonyl (C=O) groups is 4. The highest BCUT2D eigenvalue weighted by molar-refractivity contribution is 7.13. The van der Waals surface area contributed by atoms with Gasteiger partial charge in [-0.1, -0.05) is 69.3 Å². The minimum Gasteiger partial charge on any atom is -0.391 e. The van der Waals surface area contributed by atoms with Crippen LogP contribution in [-0.4, -0.2) is 163 Å². The number of ether oxygens (including phenoxy) is 2. The number of anilines is 1. The largest absolute Gasteiger partial charge is 0.391 e. The SMILES string of the molecule is CCN(c1cc(-c2ccc(CN3CCN(CC(=O)NCCCOCCNC(C(=O)N4C[C@H](O)C[C@H]4C(=O)NCc4ccc(-c5scnc5C)cc4)C(C)(C)C)CC3)cc2)cc(C(=O)NCc2c(C)cc(C)[nH]c2=O)c1C)C1CCOCC1. The van der Waals surface area contributed by atoms with Gasteiger partial charge in [-0.05, 0) is 116 Å². The summed E-state index contributed by atoms with van der Waals surface area (Å²) in [5.41, 5.74) is 12.0. The summed E-state index contributed by atoms with van der Waals surface area (Å²) in [7, 11) is 0. The monoisotopic (exact) mass is 1140 g/mol. The van der Waals surface area contributed by atoms with Gasteiger partial charge in [-0.3, -0.25) is 33.8 Å². The van der Waals surface area contributed by atoms with E-state index in [0.717, 1.165) is 107 Å². The highest BCUT2D eigenvalue weighted by atomic mass is 32.1. The van der Waals surface area contributed by atoms with Crippen molar-refractivity contribution in [1.82, 2.24) is 45.9 Å². The van der Waals surface area contributed by atoms with Crippen LogP contribution in [0.5, 0.6) is 0 Å². The average molecular weight is 1140 g/mol. The second-order valence-corrected chi connectivity index (χ2v) is 24.2. The van der Waals surface area contributed by atoms with Gasteiger partial charge in [0.2, 0.25) is 17.7 Å². The van der Waals surface area contributed by atoms with Gasteiger partial charge in [-0.2, -0.15) is 0 Å². The first-order chi connectivity index (χ1) is 39.4. The third kappa shape index (κ3) is 16.3. The molecule has 19 heteroatoms. The Morgan fingerprint density at radius 1 is 0.854 bits per heavy atom. The van der Waals surface area contributed by atoms with E-state index in [-0.39, 0.29) is 48.7 Å². The lowest BCUT2D eigenvalue weighted by Gasteiger charge is -2.37. The summed E-state index contributed by atoms with van der Waals surface area (Å²) >= 11 is 1.59. The van der Waals surface area contributed by atoms with Crippen LogP contribution in [0.15, 0.2) is 77.0 Å². The van der Waals surface area contributed by atoms with Crippen molar-refractivity contribution < 1.29 is 33.8 Å². The zero-order chi connectivity index (χ0) is 58.5. The van der Waals surface area contributed by atoms with Crippen molar-refractivity contribution in [2.24, 2.45) is 5.41 Å². The van der Waals surface area contributed by atoms with E-state index in [4.69, 9.17) is 9.47 Å². The fourth-order valence-corrected chi connectivity index (χ4v) is 12.3. The van der Waals surface area contributed by atoms with Gasteiger partial charge < -0.3 is 50.6 Å². The molecule has 3 aliphatic rings. The number of benzene rings is 3. The van der Waals surface area contributed by atoms with E-state index in [1.807, 2.05) is 90.4 Å². The standard InChI is InChI=1S/C63H86N10O8S/c1-9-72(50-19-28-81-29-20-50)54-33-49(32-52(43(54)4)59(76)67-36-53-41(2)31-42(3)69-60(53)77)47-15-13-46(14-16-47)37-70-23-25-71(26-24-70)39-56(75)64-21-10-27-80-30-22-65-58(63(6,7)8)62(79)73-38-51(74)34-55(73)61(78)66-35-45-11-17-48(18-12-45)57-44(5)68-40-82-57/h11-18,31-33,40,50-51,55,58,65,74H,9-10,19-30,34-39H2,1-8H3,(H,64,75)(H,66,78)(H,67,76)(H,69,77)/t51-,55+,58?/m1/s1. The zero-order valence-electron chi connectivity index (χ0n) is 49.3. The second-order valence-electron chi connectivity index (χ2n) is 23.3. The predicted molar refractivity (Wildman–Crippen MR) is 323 cm³/mol. The predicted octanol–water partition coefficient (Wildman–Crippen LogP) is 6.26. The number of nitrogens with one attached hydrogen (secondary N) is 5. The number of pyridine rings is 1. The summed E-state index contributed by atoms with van der Waals surface area (Å²) in [5, 5.41) is 23.1. The molecule has 6 N–H and O–H groups in total. The molecule has 5 aromatic rings. The van der Waals surface area contributed by atoms with Crippen LogP contribution in [0.2, 0.25) is 0 Å². The maximum absolute atomic E-state index is 14.1. The van der Waals surface area contributed by atoms with E-state index in [9.17, 15) is 29.1 Å². The van der Waals surface area contributed by atoms with Gasteiger partial charge in [0.25, 0.3) is 11.5 Å². The lowest BCUT2D eigenvalue weighted by atomic mass is 9.85. The molecule has 0 bridgehead atoms. The lowest BCUT2D eigenvalue weighted by molar-refractivity contribution is -0.142. The first-order valence-electron chi connectivity index (χ1n) is 29.2. The minimum atomic E-state index is -0.794. The van der Waals surface area contributed by atoms with Gasteiger partial charge in [0.05, 0.1) is 41.4 Å². The molecular weight excluding hydrogens is 1060 g/mol. The Bertz CT molecular complexity index is 3020. The van der Waals surface area contributed by atoms with Crippen molar-refractivity contribution in [3.63, 3.8) is 0 Å². The fraction of sp³-hybridized carbons (Fsp3) is 0.524. The van der Waals surface area contributed by atoms with Crippen LogP contribution in [0.25, 0.3) is 21.6 Å². The second kappa shape index (κ2) is 28.8. The van der Waals surface area contributed by atoms with E-state index in [1.165, 1.54) is 10.5 Å². The van der Waals surface area contributed by atoms with Crippen molar-refractivity contribution >= 4 is 40.7 Å². The van der Waals surface area contributed by atoms with Crippen LogP contribution in [0.3, 0.4) is 0 Å². The Kier molecular flexibility index (Phi) is 21.7. The molecule has 8 rings (SSSR count). The van der Waals surface area contributed by atoms with Crippen molar-refractivity contribution in [3.05, 3.63) is 127 Å². The number of β-amino-alcohol motifs (C(OH)–C–C–N with tert-alkyl or cyclic N) is 1. The van der Waals surface area contributed by atoms with Gasteiger partial charge >= 0.3 is 0 Å². The molecule has 0 saturated carbocycles. The number of amides is 4. The Labute approximate surface area is 487 Å². The maximum Gasteiger partial charge on any atom is 0.253 e. The molecule has 18 nitrogen and oxygen atoms in total. The number of aromatic amines is 1. The molecule has 3 atom stereocenters. The van der Waals surface area contributed by atoms with Gasteiger partial charge in [-0.15, -0.1) is 11.3 Å². The number of likely N-dealkylation sites (tertiary alicyclic amines) is 1. The number of hydrogen-bond acceptors (Lipinski definition) is 14. The van der Waals surface area contributed by atoms with Crippen LogP contribution in [0, 0.1) is 33.1 Å². The zero-order valence-corrected chi connectivity index (χ0v) is 50.1. The first-order valence-corrected chi connectivity index (χ1v) is 30.1. The van der Waals surface area contributed by atoms with Crippen LogP contribution in [0.1, 0.15) is 103 Å². The molecule has 3 fully saturated rings. The smallest absolute Gasteiger partial charge is 0.253 e. The molecule has 3 saturated heterocycles. The van der Waals surface area contributed by atoms with Crippen molar-refractivity contribution in [2.45, 2.75) is 125 Å².